The zero-order chi connectivity index (χ0) is 16.9. The number of aryl methyl sites for hydroxylation is 3. The van der Waals surface area contributed by atoms with Gasteiger partial charge in [0, 0.05) is 6.54 Å². The van der Waals surface area contributed by atoms with Crippen LogP contribution in [0.25, 0.3) is 0 Å². The summed E-state index contributed by atoms with van der Waals surface area (Å²) in [5, 5.41) is 0. The first-order valence-corrected chi connectivity index (χ1v) is 9.23. The molecule has 0 heterocycles. The van der Waals surface area contributed by atoms with E-state index in [0.29, 0.717) is 6.61 Å². The topological polar surface area (TPSA) is 55.4 Å². The molecule has 0 radical (unpaired) electrons. The number of hydrogen-bond acceptors (Lipinski definition) is 3. The van der Waals surface area contributed by atoms with Crippen LogP contribution in [0.2, 0.25) is 0 Å². The molecule has 23 heavy (non-hydrogen) atoms. The molecule has 0 saturated heterocycles. The lowest BCUT2D eigenvalue weighted by Gasteiger charge is -2.10. The van der Waals surface area contributed by atoms with Crippen molar-refractivity contribution >= 4 is 10.0 Å². The van der Waals surface area contributed by atoms with Crippen molar-refractivity contribution in [2.45, 2.75) is 26.5 Å². The molecule has 0 spiro atoms. The lowest BCUT2D eigenvalue weighted by molar-refractivity contribution is 0.322. The average molecular weight is 333 g/mol. The van der Waals surface area contributed by atoms with Crippen LogP contribution in [0, 0.1) is 20.8 Å². The first-order chi connectivity index (χ1) is 10.8. The second-order valence-electron chi connectivity index (χ2n) is 5.81. The van der Waals surface area contributed by atoms with E-state index in [0.717, 1.165) is 28.0 Å². The third kappa shape index (κ3) is 6.04. The number of benzene rings is 2. The molecule has 0 amide bonds. The lowest BCUT2D eigenvalue weighted by atomic mass is 10.1. The van der Waals surface area contributed by atoms with Crippen LogP contribution in [0.3, 0.4) is 0 Å². The fourth-order valence-corrected chi connectivity index (χ4v) is 3.57. The molecular formula is C18H23NO3S. The molecule has 0 bridgehead atoms. The van der Waals surface area contributed by atoms with E-state index in [1.54, 1.807) is 0 Å². The fourth-order valence-electron chi connectivity index (χ4n) is 2.45. The van der Waals surface area contributed by atoms with Crippen molar-refractivity contribution < 1.29 is 13.2 Å². The van der Waals surface area contributed by atoms with Gasteiger partial charge in [-0.1, -0.05) is 35.9 Å². The van der Waals surface area contributed by atoms with Gasteiger partial charge in [-0.3, -0.25) is 0 Å². The van der Waals surface area contributed by atoms with E-state index in [1.165, 1.54) is 0 Å². The molecule has 0 aromatic heterocycles. The molecule has 4 nitrogen and oxygen atoms in total. The monoisotopic (exact) mass is 333 g/mol. The number of sulfonamides is 1. The van der Waals surface area contributed by atoms with E-state index in [-0.39, 0.29) is 12.3 Å². The highest BCUT2D eigenvalue weighted by Gasteiger charge is 2.11. The maximum Gasteiger partial charge on any atom is 0.215 e. The summed E-state index contributed by atoms with van der Waals surface area (Å²) >= 11 is 0. The van der Waals surface area contributed by atoms with E-state index in [4.69, 9.17) is 4.74 Å². The minimum atomic E-state index is -3.35. The van der Waals surface area contributed by atoms with Crippen molar-refractivity contribution in [1.29, 1.82) is 0 Å². The van der Waals surface area contributed by atoms with Crippen LogP contribution >= 0.6 is 0 Å². The highest BCUT2D eigenvalue weighted by atomic mass is 32.2. The summed E-state index contributed by atoms with van der Waals surface area (Å²) in [5.74, 6) is 0.749. The summed E-state index contributed by atoms with van der Waals surface area (Å²) < 4.78 is 32.3. The number of hydrogen-bond donors (Lipinski definition) is 1. The minimum absolute atomic E-state index is 0.0156. The lowest BCUT2D eigenvalue weighted by Crippen LogP contribution is -2.29. The van der Waals surface area contributed by atoms with E-state index >= 15 is 0 Å². The van der Waals surface area contributed by atoms with Gasteiger partial charge in [0.15, 0.2) is 0 Å². The third-order valence-corrected chi connectivity index (χ3v) is 4.68. The van der Waals surface area contributed by atoms with Crippen molar-refractivity contribution in [2.75, 3.05) is 13.2 Å². The smallest absolute Gasteiger partial charge is 0.215 e. The molecule has 0 unspecified atom stereocenters. The van der Waals surface area contributed by atoms with E-state index in [2.05, 4.69) is 10.8 Å². The molecule has 0 aliphatic carbocycles. The summed E-state index contributed by atoms with van der Waals surface area (Å²) in [7, 11) is -3.35. The standard InChI is InChI=1S/C18H23NO3S/c1-14-5-4-6-17(10-14)13-23(20,21)19-7-8-22-18-11-15(2)9-16(3)12-18/h4-6,9-12,19H,7-8,13H2,1-3H3. The van der Waals surface area contributed by atoms with Gasteiger partial charge in [-0.05, 0) is 49.6 Å². The molecular weight excluding hydrogens is 310 g/mol. The summed E-state index contributed by atoms with van der Waals surface area (Å²) in [5.41, 5.74) is 4.09. The fraction of sp³-hybridized carbons (Fsp3) is 0.333. The second-order valence-corrected chi connectivity index (χ2v) is 7.62. The maximum atomic E-state index is 12.1. The van der Waals surface area contributed by atoms with Gasteiger partial charge in [-0.2, -0.15) is 0 Å². The predicted octanol–water partition coefficient (Wildman–Crippen LogP) is 3.11. The normalized spacial score (nSPS) is 11.4. The molecule has 0 saturated carbocycles. The van der Waals surface area contributed by atoms with Crippen LogP contribution in [0.1, 0.15) is 22.3 Å². The summed E-state index contributed by atoms with van der Waals surface area (Å²) in [6, 6.07) is 13.5. The Kier molecular flexibility index (Phi) is 5.80. The van der Waals surface area contributed by atoms with E-state index < -0.39 is 10.0 Å². The Balaban J connectivity index is 1.83. The van der Waals surface area contributed by atoms with Crippen molar-refractivity contribution in [2.24, 2.45) is 0 Å². The van der Waals surface area contributed by atoms with Gasteiger partial charge in [0.25, 0.3) is 0 Å². The van der Waals surface area contributed by atoms with Crippen LogP contribution in [0.5, 0.6) is 5.75 Å². The molecule has 2 rings (SSSR count). The van der Waals surface area contributed by atoms with Crippen LogP contribution in [0.4, 0.5) is 0 Å². The van der Waals surface area contributed by atoms with Gasteiger partial charge >= 0.3 is 0 Å². The molecule has 2 aromatic carbocycles. The Morgan fingerprint density at radius 1 is 0.957 bits per heavy atom. The molecule has 0 aliphatic heterocycles. The largest absolute Gasteiger partial charge is 0.492 e. The predicted molar refractivity (Wildman–Crippen MR) is 93.2 cm³/mol. The molecule has 0 fully saturated rings. The van der Waals surface area contributed by atoms with Gasteiger partial charge in [0.1, 0.15) is 12.4 Å². The van der Waals surface area contributed by atoms with Crippen molar-refractivity contribution in [3.05, 3.63) is 64.7 Å². The van der Waals surface area contributed by atoms with Crippen LogP contribution in [-0.4, -0.2) is 21.6 Å². The number of rotatable bonds is 7. The summed E-state index contributed by atoms with van der Waals surface area (Å²) in [6.07, 6.45) is 0. The molecule has 1 N–H and O–H groups in total. The van der Waals surface area contributed by atoms with E-state index in [9.17, 15) is 8.42 Å². The zero-order valence-electron chi connectivity index (χ0n) is 13.8. The summed E-state index contributed by atoms with van der Waals surface area (Å²) in [6.45, 7) is 6.51. The second kappa shape index (κ2) is 7.62. The van der Waals surface area contributed by atoms with Crippen molar-refractivity contribution in [3.8, 4) is 5.75 Å². The minimum Gasteiger partial charge on any atom is -0.492 e. The van der Waals surface area contributed by atoms with Crippen LogP contribution in [-0.2, 0) is 15.8 Å². The van der Waals surface area contributed by atoms with Gasteiger partial charge in [-0.15, -0.1) is 0 Å². The van der Waals surface area contributed by atoms with Gasteiger partial charge < -0.3 is 4.74 Å². The van der Waals surface area contributed by atoms with Crippen LogP contribution in [0.15, 0.2) is 42.5 Å². The molecule has 124 valence electrons. The maximum absolute atomic E-state index is 12.1. The number of nitrogens with one attached hydrogen (secondary N) is 1. The first-order valence-electron chi connectivity index (χ1n) is 7.58. The Morgan fingerprint density at radius 3 is 2.30 bits per heavy atom. The zero-order valence-corrected chi connectivity index (χ0v) is 14.6. The van der Waals surface area contributed by atoms with Crippen molar-refractivity contribution in [1.82, 2.24) is 4.72 Å². The first kappa shape index (κ1) is 17.5. The molecule has 2 aromatic rings. The highest BCUT2D eigenvalue weighted by molar-refractivity contribution is 7.88. The van der Waals surface area contributed by atoms with Gasteiger partial charge in [0.05, 0.1) is 5.75 Å². The summed E-state index contributed by atoms with van der Waals surface area (Å²) in [4.78, 5) is 0. The molecule has 0 atom stereocenters. The Hall–Kier alpha value is -1.85. The number of ether oxygens (including phenoxy) is 1. The Labute approximate surface area is 138 Å². The quantitative estimate of drug-likeness (QED) is 0.792. The Morgan fingerprint density at radius 2 is 1.65 bits per heavy atom. The van der Waals surface area contributed by atoms with E-state index in [1.807, 2.05) is 57.2 Å². The SMILES string of the molecule is Cc1cccc(CS(=O)(=O)NCCOc2cc(C)cc(C)c2)c1. The van der Waals surface area contributed by atoms with Gasteiger partial charge in [0.2, 0.25) is 10.0 Å². The third-order valence-electron chi connectivity index (χ3n) is 3.33. The van der Waals surface area contributed by atoms with Crippen molar-refractivity contribution in [3.63, 3.8) is 0 Å². The Bertz CT molecular complexity index is 749. The average Bonchev–Trinajstić information content (AvgIpc) is 2.42. The molecule has 0 aliphatic rings. The van der Waals surface area contributed by atoms with Crippen LogP contribution < -0.4 is 9.46 Å². The van der Waals surface area contributed by atoms with Gasteiger partial charge in [-0.25, -0.2) is 13.1 Å². The highest BCUT2D eigenvalue weighted by Crippen LogP contribution is 2.16. The molecule has 5 heteroatoms.